The molecule has 0 unspecified atom stereocenters. The van der Waals surface area contributed by atoms with Gasteiger partial charge in [0, 0.05) is 5.56 Å². The number of aromatic nitrogens is 2. The zero-order chi connectivity index (χ0) is 20.9. The average Bonchev–Trinajstić information content (AvgIpc) is 3.28. The maximum Gasteiger partial charge on any atom is 0.287 e. The summed E-state index contributed by atoms with van der Waals surface area (Å²) in [5, 5.41) is 9.35. The van der Waals surface area contributed by atoms with Gasteiger partial charge >= 0.3 is 0 Å². The molecule has 1 amide bonds. The molecule has 30 heavy (non-hydrogen) atoms. The predicted octanol–water partition coefficient (Wildman–Crippen LogP) is 4.53. The standard InChI is InChI=1S/C24H22N4O2/c1-3-30-21-12-10-17(11-13-21)16(2)25-28-24(29)23-15-22(26-27-23)20-9-8-18-6-4-5-7-19(18)14-20/h4-15,25H,2-3H2,1H3,(H,26,27)(H,28,29). The molecule has 6 heteroatoms. The lowest BCUT2D eigenvalue weighted by molar-refractivity contribution is 0.0937. The second kappa shape index (κ2) is 8.53. The van der Waals surface area contributed by atoms with Gasteiger partial charge in [0.1, 0.15) is 11.4 Å². The SMILES string of the molecule is C=C(NNC(=O)c1cc(-c2ccc3ccccc3c2)n[nH]1)c1ccc(OCC)cc1. The van der Waals surface area contributed by atoms with Crippen LogP contribution in [0.2, 0.25) is 0 Å². The van der Waals surface area contributed by atoms with Gasteiger partial charge in [0.05, 0.1) is 18.0 Å². The smallest absolute Gasteiger partial charge is 0.287 e. The van der Waals surface area contributed by atoms with Crippen LogP contribution in [0, 0.1) is 0 Å². The number of nitrogens with one attached hydrogen (secondary N) is 3. The number of hydrogen-bond donors (Lipinski definition) is 3. The van der Waals surface area contributed by atoms with E-state index in [9.17, 15) is 4.79 Å². The second-order valence-electron chi connectivity index (χ2n) is 6.74. The molecule has 0 atom stereocenters. The van der Waals surface area contributed by atoms with Crippen LogP contribution in [0.3, 0.4) is 0 Å². The molecule has 3 aromatic carbocycles. The first-order valence-electron chi connectivity index (χ1n) is 9.67. The van der Waals surface area contributed by atoms with Crippen molar-refractivity contribution >= 4 is 22.4 Å². The van der Waals surface area contributed by atoms with Gasteiger partial charge in [-0.25, -0.2) is 0 Å². The molecule has 150 valence electrons. The number of H-pyrrole nitrogens is 1. The van der Waals surface area contributed by atoms with Gasteiger partial charge in [-0.05, 0) is 59.7 Å². The number of ether oxygens (including phenoxy) is 1. The molecule has 4 rings (SSSR count). The Hall–Kier alpha value is -4.06. The predicted molar refractivity (Wildman–Crippen MR) is 119 cm³/mol. The number of amides is 1. The molecule has 1 heterocycles. The van der Waals surface area contributed by atoms with Crippen molar-refractivity contribution < 1.29 is 9.53 Å². The monoisotopic (exact) mass is 398 g/mol. The summed E-state index contributed by atoms with van der Waals surface area (Å²) in [6.07, 6.45) is 0. The first kappa shape index (κ1) is 19.3. The topological polar surface area (TPSA) is 79.0 Å². The lowest BCUT2D eigenvalue weighted by Gasteiger charge is -2.11. The highest BCUT2D eigenvalue weighted by Gasteiger charge is 2.12. The summed E-state index contributed by atoms with van der Waals surface area (Å²) in [4.78, 5) is 12.5. The molecule has 0 aliphatic rings. The minimum atomic E-state index is -0.332. The summed E-state index contributed by atoms with van der Waals surface area (Å²) in [5.74, 6) is 0.457. The maximum absolute atomic E-state index is 12.5. The third kappa shape index (κ3) is 4.17. The summed E-state index contributed by atoms with van der Waals surface area (Å²) in [7, 11) is 0. The quantitative estimate of drug-likeness (QED) is 0.400. The van der Waals surface area contributed by atoms with E-state index in [0.29, 0.717) is 23.7 Å². The van der Waals surface area contributed by atoms with Crippen molar-refractivity contribution in [2.24, 2.45) is 0 Å². The largest absolute Gasteiger partial charge is 0.494 e. The van der Waals surface area contributed by atoms with E-state index in [1.165, 1.54) is 0 Å². The van der Waals surface area contributed by atoms with Crippen LogP contribution < -0.4 is 15.6 Å². The minimum absolute atomic E-state index is 0.332. The van der Waals surface area contributed by atoms with Crippen molar-refractivity contribution in [1.82, 2.24) is 21.0 Å². The van der Waals surface area contributed by atoms with Gasteiger partial charge in [-0.1, -0.05) is 43.0 Å². The molecule has 0 saturated heterocycles. The molecular weight excluding hydrogens is 376 g/mol. The van der Waals surface area contributed by atoms with Crippen molar-refractivity contribution in [3.8, 4) is 17.0 Å². The lowest BCUT2D eigenvalue weighted by Crippen LogP contribution is -2.36. The van der Waals surface area contributed by atoms with Crippen LogP contribution in [0.4, 0.5) is 0 Å². The van der Waals surface area contributed by atoms with Gasteiger partial charge in [0.15, 0.2) is 0 Å². The number of carbonyl (C=O) groups is 1. The molecule has 0 bridgehead atoms. The number of benzene rings is 3. The Morgan fingerprint density at radius 2 is 1.77 bits per heavy atom. The first-order valence-corrected chi connectivity index (χ1v) is 9.67. The average molecular weight is 398 g/mol. The van der Waals surface area contributed by atoms with Crippen LogP contribution >= 0.6 is 0 Å². The van der Waals surface area contributed by atoms with Crippen LogP contribution in [0.15, 0.2) is 79.4 Å². The van der Waals surface area contributed by atoms with Crippen molar-refractivity contribution in [2.45, 2.75) is 6.92 Å². The highest BCUT2D eigenvalue weighted by Crippen LogP contribution is 2.23. The summed E-state index contributed by atoms with van der Waals surface area (Å²) >= 11 is 0. The highest BCUT2D eigenvalue weighted by atomic mass is 16.5. The Balaban J connectivity index is 1.40. The number of hydrogen-bond acceptors (Lipinski definition) is 4. The van der Waals surface area contributed by atoms with E-state index in [-0.39, 0.29) is 5.91 Å². The van der Waals surface area contributed by atoms with E-state index in [1.807, 2.05) is 55.5 Å². The zero-order valence-corrected chi connectivity index (χ0v) is 16.6. The molecule has 3 N–H and O–H groups in total. The van der Waals surface area contributed by atoms with Gasteiger partial charge in [-0.3, -0.25) is 20.7 Å². The Morgan fingerprint density at radius 3 is 2.53 bits per heavy atom. The fourth-order valence-electron chi connectivity index (χ4n) is 3.13. The number of nitrogens with zero attached hydrogens (tertiary/aromatic N) is 1. The summed E-state index contributed by atoms with van der Waals surface area (Å²) in [5.41, 5.74) is 8.89. The second-order valence-corrected chi connectivity index (χ2v) is 6.74. The van der Waals surface area contributed by atoms with Gasteiger partial charge in [-0.15, -0.1) is 0 Å². The van der Waals surface area contributed by atoms with Crippen molar-refractivity contribution in [2.75, 3.05) is 6.61 Å². The summed E-state index contributed by atoms with van der Waals surface area (Å²) in [6.45, 7) is 6.50. The van der Waals surface area contributed by atoms with Crippen molar-refractivity contribution in [3.63, 3.8) is 0 Å². The number of carbonyl (C=O) groups excluding carboxylic acids is 1. The van der Waals surface area contributed by atoms with Crippen molar-refractivity contribution in [3.05, 3.63) is 90.6 Å². The number of hydrazine groups is 1. The van der Waals surface area contributed by atoms with Crippen LogP contribution in [-0.2, 0) is 0 Å². The van der Waals surface area contributed by atoms with Crippen LogP contribution in [0.1, 0.15) is 23.0 Å². The van der Waals surface area contributed by atoms with Gasteiger partial charge in [-0.2, -0.15) is 5.10 Å². The normalized spacial score (nSPS) is 10.6. The molecule has 4 aromatic rings. The molecule has 6 nitrogen and oxygen atoms in total. The van der Waals surface area contributed by atoms with Crippen LogP contribution in [0.25, 0.3) is 27.7 Å². The van der Waals surface area contributed by atoms with E-state index in [0.717, 1.165) is 27.6 Å². The van der Waals surface area contributed by atoms with Gasteiger partial charge in [0.2, 0.25) is 0 Å². The minimum Gasteiger partial charge on any atom is -0.494 e. The summed E-state index contributed by atoms with van der Waals surface area (Å²) in [6, 6.07) is 23.4. The lowest BCUT2D eigenvalue weighted by atomic mass is 10.1. The molecule has 0 radical (unpaired) electrons. The fraction of sp³-hybridized carbons (Fsp3) is 0.0833. The highest BCUT2D eigenvalue weighted by molar-refractivity contribution is 5.94. The summed E-state index contributed by atoms with van der Waals surface area (Å²) < 4.78 is 5.43. The Labute approximate surface area is 174 Å². The van der Waals surface area contributed by atoms with Gasteiger partial charge < -0.3 is 4.74 Å². The first-order chi connectivity index (χ1) is 14.6. The third-order valence-corrected chi connectivity index (χ3v) is 4.71. The molecule has 0 fully saturated rings. The maximum atomic E-state index is 12.5. The zero-order valence-electron chi connectivity index (χ0n) is 16.6. The Morgan fingerprint density at radius 1 is 1.00 bits per heavy atom. The number of aromatic amines is 1. The molecule has 0 aliphatic heterocycles. The number of fused-ring (bicyclic) bond motifs is 1. The molecule has 0 saturated carbocycles. The van der Waals surface area contributed by atoms with E-state index < -0.39 is 0 Å². The fourth-order valence-corrected chi connectivity index (χ4v) is 3.13. The van der Waals surface area contributed by atoms with E-state index in [2.05, 4.69) is 45.8 Å². The number of rotatable bonds is 7. The van der Waals surface area contributed by atoms with Crippen LogP contribution in [-0.4, -0.2) is 22.7 Å². The van der Waals surface area contributed by atoms with Crippen molar-refractivity contribution in [1.29, 1.82) is 0 Å². The molecular formula is C24H22N4O2. The molecule has 0 spiro atoms. The van der Waals surface area contributed by atoms with E-state index >= 15 is 0 Å². The van der Waals surface area contributed by atoms with E-state index in [4.69, 9.17) is 4.74 Å². The van der Waals surface area contributed by atoms with E-state index in [1.54, 1.807) is 6.07 Å². The Bertz CT molecular complexity index is 1200. The third-order valence-electron chi connectivity index (χ3n) is 4.71. The molecule has 1 aromatic heterocycles. The van der Waals surface area contributed by atoms with Gasteiger partial charge in [0.25, 0.3) is 5.91 Å². The molecule has 0 aliphatic carbocycles. The Kier molecular flexibility index (Phi) is 5.48. The van der Waals surface area contributed by atoms with Crippen LogP contribution in [0.5, 0.6) is 5.75 Å².